The molecule has 0 amide bonds. The number of rotatable bonds is 6. The average molecular weight is 1270 g/mol. The summed E-state index contributed by atoms with van der Waals surface area (Å²) in [5, 5.41) is 5.38. The van der Waals surface area contributed by atoms with E-state index in [0.717, 1.165) is 83.5 Å². The highest BCUT2D eigenvalue weighted by atomic mass is 35.5. The largest absolute Gasteiger partial charge is 0.315 e. The number of para-hydroxylation sites is 3. The lowest BCUT2D eigenvalue weighted by atomic mass is 10.1. The van der Waals surface area contributed by atoms with Gasteiger partial charge in [0.15, 0.2) is 0 Å². The topological polar surface area (TPSA) is 128 Å². The third kappa shape index (κ3) is 13.0. The molecule has 0 unspecified atom stereocenters. The van der Waals surface area contributed by atoms with Crippen molar-refractivity contribution in [3.63, 3.8) is 0 Å². The van der Waals surface area contributed by atoms with Crippen LogP contribution in [-0.4, -0.2) is 62.7 Å². The Kier molecular flexibility index (Phi) is 17.5. The van der Waals surface area contributed by atoms with Crippen molar-refractivity contribution in [2.24, 2.45) is 0 Å². The van der Waals surface area contributed by atoms with Crippen LogP contribution < -0.4 is 0 Å². The summed E-state index contributed by atoms with van der Waals surface area (Å²) < 4.78 is 10.4. The Morgan fingerprint density at radius 1 is 0.256 bits per heavy atom. The fourth-order valence-corrected chi connectivity index (χ4v) is 11.2. The molecule has 0 saturated heterocycles. The molecule has 17 aromatic rings. The van der Waals surface area contributed by atoms with Gasteiger partial charge < -0.3 is 22.8 Å². The van der Waals surface area contributed by atoms with E-state index in [4.69, 9.17) is 58.0 Å². The number of pyridine rings is 2. The van der Waals surface area contributed by atoms with Gasteiger partial charge in [0.25, 0.3) is 0 Å². The van der Waals surface area contributed by atoms with E-state index in [9.17, 15) is 0 Å². The first-order chi connectivity index (χ1) is 44.2. The maximum absolute atomic E-state index is 5.85. The molecule has 0 aliphatic heterocycles. The Bertz CT molecular complexity index is 4990. The first kappa shape index (κ1) is 58.5. The van der Waals surface area contributed by atoms with E-state index in [1.165, 1.54) is 21.9 Å². The molecule has 436 valence electrons. The van der Waals surface area contributed by atoms with Crippen molar-refractivity contribution in [2.75, 3.05) is 0 Å². The molecule has 7 aromatic carbocycles. The van der Waals surface area contributed by atoms with E-state index >= 15 is 0 Å². The summed E-state index contributed by atoms with van der Waals surface area (Å²) in [6.45, 7) is 0. The molecule has 10 heterocycles. The maximum Gasteiger partial charge on any atom is 0.223 e. The Hall–Kier alpha value is -10.5. The fraction of sp³-hybridized carbons (Fsp3) is 0. The minimum absolute atomic E-state index is 0.268. The van der Waals surface area contributed by atoms with Gasteiger partial charge in [-0.2, -0.15) is 0 Å². The highest BCUT2D eigenvalue weighted by Gasteiger charge is 2.11. The number of halogens is 5. The Balaban J connectivity index is 0.000000104. The lowest BCUT2D eigenvalue weighted by Crippen LogP contribution is -1.94. The normalized spacial score (nSPS) is 10.9. The van der Waals surface area contributed by atoms with Crippen molar-refractivity contribution in [3.8, 4) is 39.6 Å². The van der Waals surface area contributed by atoms with Crippen molar-refractivity contribution < 1.29 is 0 Å². The first-order valence-electron chi connectivity index (χ1n) is 28.2. The van der Waals surface area contributed by atoms with Crippen molar-refractivity contribution in [1.29, 1.82) is 0 Å². The molecule has 0 aliphatic carbocycles. The number of hydrogen-bond donors (Lipinski definition) is 0. The van der Waals surface area contributed by atoms with Crippen LogP contribution in [0.3, 0.4) is 0 Å². The molecule has 0 spiro atoms. The molecular formula is C72H48Cl5N13. The Morgan fingerprint density at radius 3 is 1.20 bits per heavy atom. The predicted octanol–water partition coefficient (Wildman–Crippen LogP) is 19.4. The average Bonchev–Trinajstić information content (AvgIpc) is 2.17. The van der Waals surface area contributed by atoms with Crippen LogP contribution in [0.4, 0.5) is 0 Å². The van der Waals surface area contributed by atoms with E-state index in [0.29, 0.717) is 10.3 Å². The van der Waals surface area contributed by atoms with Crippen LogP contribution in [0.15, 0.2) is 292 Å². The summed E-state index contributed by atoms with van der Waals surface area (Å²) in [6, 6.07) is 79.2. The zero-order valence-electron chi connectivity index (χ0n) is 47.4. The van der Waals surface area contributed by atoms with Crippen LogP contribution >= 0.6 is 58.0 Å². The highest BCUT2D eigenvalue weighted by Crippen LogP contribution is 2.29. The van der Waals surface area contributed by atoms with E-state index in [1.54, 1.807) is 24.8 Å². The van der Waals surface area contributed by atoms with Crippen LogP contribution in [-0.2, 0) is 0 Å². The standard InChI is InChI=1S/C18H12ClN3.C16H10ClN3.2C13H9ClN2.C12H8ClN3/c19-18-20-12-17-16(21-18)10-11-22(17)15-8-6-14(7-9-15)13-4-2-1-3-5-13;17-16-18-10-15-13(19-16)8-9-20(15)14-7-3-5-11-4-1-2-6-12(11)14;14-13-8-10-6-7-16(12(10)9-15-13)11-4-2-1-3-5-11;14-13-7-6-12-11(15-13)8-9-16(12)10-4-2-1-3-5-10;13-12-14-8-11-10(15-12)6-7-16(11)9-4-2-1-3-5-9/h1-12H;1-10H;2*1-9H;1-8H. The minimum atomic E-state index is 0.268. The number of nitrogens with zero attached hydrogens (tertiary/aromatic N) is 13. The molecule has 0 radical (unpaired) electrons. The van der Waals surface area contributed by atoms with Gasteiger partial charge >= 0.3 is 0 Å². The third-order valence-corrected chi connectivity index (χ3v) is 15.6. The molecule has 18 heteroatoms. The summed E-state index contributed by atoms with van der Waals surface area (Å²) in [7, 11) is 0. The fourth-order valence-electron chi connectivity index (χ4n) is 10.4. The van der Waals surface area contributed by atoms with Crippen molar-refractivity contribution in [1.82, 2.24) is 62.7 Å². The van der Waals surface area contributed by atoms with Gasteiger partial charge in [-0.1, -0.05) is 157 Å². The predicted molar refractivity (Wildman–Crippen MR) is 367 cm³/mol. The molecule has 0 aliphatic rings. The van der Waals surface area contributed by atoms with Crippen molar-refractivity contribution in [3.05, 3.63) is 319 Å². The zero-order valence-corrected chi connectivity index (χ0v) is 51.2. The molecule has 13 nitrogen and oxygen atoms in total. The minimum Gasteiger partial charge on any atom is -0.315 e. The van der Waals surface area contributed by atoms with Crippen LogP contribution in [0.2, 0.25) is 26.2 Å². The molecule has 90 heavy (non-hydrogen) atoms. The molecule has 0 atom stereocenters. The van der Waals surface area contributed by atoms with E-state index in [1.807, 2.05) is 181 Å². The Labute approximate surface area is 540 Å². The molecule has 10 aromatic heterocycles. The monoisotopic (exact) mass is 1270 g/mol. The molecule has 0 fully saturated rings. The molecule has 0 bridgehead atoms. The number of aromatic nitrogens is 13. The van der Waals surface area contributed by atoms with E-state index in [-0.39, 0.29) is 15.9 Å². The number of fused-ring (bicyclic) bond motifs is 6. The maximum atomic E-state index is 5.85. The first-order valence-corrected chi connectivity index (χ1v) is 30.1. The lowest BCUT2D eigenvalue weighted by molar-refractivity contribution is 1.11. The summed E-state index contributed by atoms with van der Waals surface area (Å²) in [4.78, 5) is 33.1. The second-order valence-corrected chi connectivity index (χ2v) is 22.0. The molecule has 0 saturated carbocycles. The van der Waals surface area contributed by atoms with E-state index in [2.05, 4.69) is 149 Å². The SMILES string of the molecule is Clc1cc2ccn(-c3ccccc3)c2cn1.Clc1ccc2c(ccn2-c2ccccc2)n1.Clc1ncc2c(ccn2-c2ccc(-c3ccccc3)cc2)n1.Clc1ncc2c(ccn2-c2cccc3ccccc23)n1.Clc1ncc2c(ccn2-c2ccccc2)n1. The molecule has 17 rings (SSSR count). The van der Waals surface area contributed by atoms with Crippen LogP contribution in [0.5, 0.6) is 0 Å². The Morgan fingerprint density at radius 2 is 0.656 bits per heavy atom. The number of hydrogen-bond acceptors (Lipinski definition) is 8. The third-order valence-electron chi connectivity index (χ3n) is 14.7. The second kappa shape index (κ2) is 26.8. The van der Waals surface area contributed by atoms with E-state index < -0.39 is 0 Å². The lowest BCUT2D eigenvalue weighted by Gasteiger charge is -2.09. The van der Waals surface area contributed by atoms with Gasteiger partial charge in [-0.25, -0.2) is 39.9 Å². The second-order valence-electron chi connectivity index (χ2n) is 20.2. The van der Waals surface area contributed by atoms with Crippen LogP contribution in [0, 0.1) is 0 Å². The smallest absolute Gasteiger partial charge is 0.223 e. The summed E-state index contributed by atoms with van der Waals surface area (Å²) >= 11 is 29.1. The van der Waals surface area contributed by atoms with Gasteiger partial charge in [-0.15, -0.1) is 0 Å². The van der Waals surface area contributed by atoms with Gasteiger partial charge in [-0.05, 0) is 154 Å². The summed E-state index contributed by atoms with van der Waals surface area (Å²) in [5.74, 6) is 0. The van der Waals surface area contributed by atoms with Crippen LogP contribution in [0.1, 0.15) is 0 Å². The quantitative estimate of drug-likeness (QED) is 0.119. The molecular weight excluding hydrogens is 1220 g/mol. The van der Waals surface area contributed by atoms with Gasteiger partial charge in [0.2, 0.25) is 15.9 Å². The van der Waals surface area contributed by atoms with Crippen molar-refractivity contribution in [2.45, 2.75) is 0 Å². The van der Waals surface area contributed by atoms with Gasteiger partial charge in [0.1, 0.15) is 10.3 Å². The zero-order chi connectivity index (χ0) is 61.3. The molecule has 0 N–H and O–H groups in total. The van der Waals surface area contributed by atoms with Gasteiger partial charge in [0, 0.05) is 64.5 Å². The van der Waals surface area contributed by atoms with Crippen molar-refractivity contribution >= 4 is 124 Å². The van der Waals surface area contributed by atoms with Gasteiger partial charge in [-0.3, -0.25) is 0 Å². The number of benzene rings is 7. The van der Waals surface area contributed by atoms with Gasteiger partial charge in [0.05, 0.1) is 80.1 Å². The highest BCUT2D eigenvalue weighted by molar-refractivity contribution is 6.30. The summed E-state index contributed by atoms with van der Waals surface area (Å²) in [5.41, 5.74) is 16.4. The van der Waals surface area contributed by atoms with Crippen LogP contribution in [0.25, 0.3) is 105 Å². The summed E-state index contributed by atoms with van der Waals surface area (Å²) in [6.07, 6.45) is 17.0.